The van der Waals surface area contributed by atoms with Crippen LogP contribution in [0.15, 0.2) is 36.5 Å². The summed E-state index contributed by atoms with van der Waals surface area (Å²) in [6, 6.07) is 10.6. The summed E-state index contributed by atoms with van der Waals surface area (Å²) in [4.78, 5) is 4.47. The van der Waals surface area contributed by atoms with Gasteiger partial charge < -0.3 is 15.4 Å². The Morgan fingerprint density at radius 1 is 1.06 bits per heavy atom. The Morgan fingerprint density at radius 2 is 1.79 bits per heavy atom. The van der Waals surface area contributed by atoms with Crippen LogP contribution in [-0.4, -0.2) is 51.5 Å². The number of nitrogens with one attached hydrogen (secondary N) is 3. The predicted molar refractivity (Wildman–Crippen MR) is 134 cm³/mol. The second kappa shape index (κ2) is 11.0. The lowest BCUT2D eigenvalue weighted by Crippen LogP contribution is -2.39. The number of halogens is 1. The van der Waals surface area contributed by atoms with Gasteiger partial charge in [-0.1, -0.05) is 23.7 Å². The highest BCUT2D eigenvalue weighted by atomic mass is 35.5. The highest BCUT2D eigenvalue weighted by Crippen LogP contribution is 2.32. The van der Waals surface area contributed by atoms with Gasteiger partial charge in [0.2, 0.25) is 10.0 Å². The van der Waals surface area contributed by atoms with E-state index in [1.54, 1.807) is 6.20 Å². The van der Waals surface area contributed by atoms with Crippen LogP contribution >= 0.6 is 11.6 Å². The monoisotopic (exact) mass is 492 g/mol. The zero-order valence-electron chi connectivity index (χ0n) is 19.0. The number of nitrogens with zero attached hydrogens (tertiary/aromatic N) is 1. The van der Waals surface area contributed by atoms with E-state index in [1.165, 1.54) is 6.26 Å². The highest BCUT2D eigenvalue weighted by molar-refractivity contribution is 7.88. The van der Waals surface area contributed by atoms with Crippen LogP contribution in [0.4, 0.5) is 11.5 Å². The summed E-state index contributed by atoms with van der Waals surface area (Å²) < 4.78 is 31.1. The van der Waals surface area contributed by atoms with Gasteiger partial charge in [0.05, 0.1) is 11.3 Å². The Kier molecular flexibility index (Phi) is 8.11. The Labute approximate surface area is 201 Å². The molecule has 1 aliphatic heterocycles. The largest absolute Gasteiger partial charge is 0.385 e. The third-order valence-electron chi connectivity index (χ3n) is 6.42. The Bertz CT molecular complexity index is 1040. The van der Waals surface area contributed by atoms with E-state index in [9.17, 15) is 8.42 Å². The van der Waals surface area contributed by atoms with Crippen molar-refractivity contribution in [2.75, 3.05) is 36.6 Å². The molecule has 1 aliphatic carbocycles. The second-order valence-electron chi connectivity index (χ2n) is 9.15. The molecule has 7 nitrogen and oxygen atoms in total. The smallest absolute Gasteiger partial charge is 0.208 e. The number of rotatable bonds is 8. The molecule has 0 unspecified atom stereocenters. The third kappa shape index (κ3) is 7.30. The minimum Gasteiger partial charge on any atom is -0.385 e. The number of ether oxygens (including phenoxy) is 1. The van der Waals surface area contributed by atoms with E-state index in [1.807, 2.05) is 12.1 Å². The van der Waals surface area contributed by atoms with Gasteiger partial charge in [-0.15, -0.1) is 0 Å². The summed E-state index contributed by atoms with van der Waals surface area (Å²) in [6.07, 6.45) is 8.51. The molecule has 2 aliphatic rings. The molecule has 2 aromatic rings. The minimum atomic E-state index is -3.16. The molecule has 0 atom stereocenters. The van der Waals surface area contributed by atoms with Gasteiger partial charge in [-0.2, -0.15) is 0 Å². The molecule has 0 radical (unpaired) electrons. The van der Waals surface area contributed by atoms with E-state index >= 15 is 0 Å². The fraction of sp³-hybridized carbons (Fsp3) is 0.542. The molecule has 0 amide bonds. The molecular formula is C24H33ClN4O3S. The maximum absolute atomic E-state index is 11.5. The van der Waals surface area contributed by atoms with Gasteiger partial charge in [-0.3, -0.25) is 0 Å². The quantitative estimate of drug-likeness (QED) is 0.502. The molecule has 2 heterocycles. The number of hydrogen-bond acceptors (Lipinski definition) is 6. The van der Waals surface area contributed by atoms with Crippen LogP contribution in [0.25, 0.3) is 11.1 Å². The van der Waals surface area contributed by atoms with Crippen molar-refractivity contribution >= 4 is 33.1 Å². The summed E-state index contributed by atoms with van der Waals surface area (Å²) in [5.41, 5.74) is 3.07. The van der Waals surface area contributed by atoms with Crippen molar-refractivity contribution in [2.45, 2.75) is 50.6 Å². The first kappa shape index (κ1) is 24.3. The van der Waals surface area contributed by atoms with Gasteiger partial charge in [-0.05, 0) is 68.2 Å². The molecule has 1 saturated heterocycles. The van der Waals surface area contributed by atoms with Crippen molar-refractivity contribution in [3.8, 4) is 11.1 Å². The van der Waals surface area contributed by atoms with E-state index < -0.39 is 10.0 Å². The summed E-state index contributed by atoms with van der Waals surface area (Å²) >= 11 is 6.52. The van der Waals surface area contributed by atoms with Crippen molar-refractivity contribution in [1.82, 2.24) is 9.71 Å². The first-order chi connectivity index (χ1) is 15.9. The second-order valence-corrected chi connectivity index (χ2v) is 11.3. The van der Waals surface area contributed by atoms with Crippen LogP contribution in [0, 0.1) is 5.92 Å². The molecule has 2 fully saturated rings. The number of sulfonamides is 1. The number of pyridine rings is 1. The van der Waals surface area contributed by atoms with E-state index in [2.05, 4.69) is 38.5 Å². The van der Waals surface area contributed by atoms with Crippen LogP contribution in [0.5, 0.6) is 0 Å². The van der Waals surface area contributed by atoms with E-state index in [-0.39, 0.29) is 12.1 Å². The first-order valence-corrected chi connectivity index (χ1v) is 13.9. The summed E-state index contributed by atoms with van der Waals surface area (Å²) in [5, 5.41) is 7.69. The Balaban J connectivity index is 1.38. The van der Waals surface area contributed by atoms with Crippen molar-refractivity contribution in [2.24, 2.45) is 5.92 Å². The molecule has 4 rings (SSSR count). The maximum atomic E-state index is 11.5. The van der Waals surface area contributed by atoms with Gasteiger partial charge in [0.1, 0.15) is 5.82 Å². The Hall–Kier alpha value is -1.87. The number of benzene rings is 1. The molecule has 1 saturated carbocycles. The van der Waals surface area contributed by atoms with Gasteiger partial charge in [0.25, 0.3) is 0 Å². The molecule has 3 N–H and O–H groups in total. The number of anilines is 2. The third-order valence-corrected chi connectivity index (χ3v) is 7.49. The molecular weight excluding hydrogens is 460 g/mol. The van der Waals surface area contributed by atoms with Gasteiger partial charge in [0, 0.05) is 49.3 Å². The van der Waals surface area contributed by atoms with E-state index in [0.717, 1.165) is 80.9 Å². The highest BCUT2D eigenvalue weighted by Gasteiger charge is 2.23. The lowest BCUT2D eigenvalue weighted by molar-refractivity contribution is 0.0699. The lowest BCUT2D eigenvalue weighted by Gasteiger charge is -2.29. The molecule has 0 spiro atoms. The van der Waals surface area contributed by atoms with Crippen molar-refractivity contribution in [3.63, 3.8) is 0 Å². The molecule has 1 aromatic heterocycles. The standard InChI is InChI=1S/C24H33ClN4O3S/c1-33(30,31)29-20-7-5-19(6-8-20)28-24-14-22(23(25)16-27-24)18-3-2-4-21(13-18)26-15-17-9-11-32-12-10-17/h2-4,13-14,16-17,19-20,26,29H,5-12,15H2,1H3,(H,27,28)/t19-,20-. The van der Waals surface area contributed by atoms with Crippen molar-refractivity contribution < 1.29 is 13.2 Å². The molecule has 1 aromatic carbocycles. The van der Waals surface area contributed by atoms with Gasteiger partial charge in [0.15, 0.2) is 0 Å². The minimum absolute atomic E-state index is 0.0168. The van der Waals surface area contributed by atoms with E-state index in [0.29, 0.717) is 10.9 Å². The van der Waals surface area contributed by atoms with Gasteiger partial charge >= 0.3 is 0 Å². The van der Waals surface area contributed by atoms with Crippen molar-refractivity contribution in [1.29, 1.82) is 0 Å². The van der Waals surface area contributed by atoms with Crippen LogP contribution in [-0.2, 0) is 14.8 Å². The summed E-state index contributed by atoms with van der Waals surface area (Å²) in [5.74, 6) is 1.43. The zero-order chi connectivity index (χ0) is 23.3. The fourth-order valence-electron chi connectivity index (χ4n) is 4.62. The molecule has 9 heteroatoms. The van der Waals surface area contributed by atoms with Crippen LogP contribution < -0.4 is 15.4 Å². The average molecular weight is 493 g/mol. The van der Waals surface area contributed by atoms with Gasteiger partial charge in [-0.25, -0.2) is 18.1 Å². The maximum Gasteiger partial charge on any atom is 0.208 e. The fourth-order valence-corrected chi connectivity index (χ4v) is 5.67. The van der Waals surface area contributed by atoms with E-state index in [4.69, 9.17) is 16.3 Å². The first-order valence-electron chi connectivity index (χ1n) is 11.7. The van der Waals surface area contributed by atoms with Crippen LogP contribution in [0.2, 0.25) is 5.02 Å². The SMILES string of the molecule is CS(=O)(=O)N[C@H]1CC[C@H](Nc2cc(-c3cccc(NCC4CCOCC4)c3)c(Cl)cn2)CC1. The van der Waals surface area contributed by atoms with Crippen molar-refractivity contribution in [3.05, 3.63) is 41.6 Å². The molecule has 0 bridgehead atoms. The topological polar surface area (TPSA) is 92.4 Å². The van der Waals surface area contributed by atoms with Crippen LogP contribution in [0.3, 0.4) is 0 Å². The normalized spacial score (nSPS) is 22.1. The molecule has 180 valence electrons. The summed E-state index contributed by atoms with van der Waals surface area (Å²) in [6.45, 7) is 2.65. The predicted octanol–water partition coefficient (Wildman–Crippen LogP) is 4.51. The summed E-state index contributed by atoms with van der Waals surface area (Å²) in [7, 11) is -3.16. The Morgan fingerprint density at radius 3 is 2.52 bits per heavy atom. The molecule has 33 heavy (non-hydrogen) atoms. The van der Waals surface area contributed by atoms with Crippen LogP contribution in [0.1, 0.15) is 38.5 Å². The number of hydrogen-bond donors (Lipinski definition) is 3. The lowest BCUT2D eigenvalue weighted by atomic mass is 9.92. The number of aromatic nitrogens is 1. The zero-order valence-corrected chi connectivity index (χ0v) is 20.6. The average Bonchev–Trinajstić information content (AvgIpc) is 2.80.